The van der Waals surface area contributed by atoms with Crippen LogP contribution in [0.25, 0.3) is 0 Å². The highest BCUT2D eigenvalue weighted by atomic mass is 32.2. The first kappa shape index (κ1) is 59.8. The van der Waals surface area contributed by atoms with Gasteiger partial charge < -0.3 is 36.2 Å². The molecule has 0 aromatic heterocycles. The molecule has 4 aliphatic rings. The quantitative estimate of drug-likeness (QED) is 0.0536. The highest BCUT2D eigenvalue weighted by molar-refractivity contribution is 7.98. The van der Waals surface area contributed by atoms with Crippen LogP contribution in [0, 0.1) is 17.8 Å². The van der Waals surface area contributed by atoms with Gasteiger partial charge in [-0.2, -0.15) is 11.8 Å². The van der Waals surface area contributed by atoms with Gasteiger partial charge in [0.05, 0.1) is 44.8 Å². The Bertz CT molecular complexity index is 2280. The van der Waals surface area contributed by atoms with Crippen LogP contribution < -0.4 is 21.3 Å². The molecule has 75 heavy (non-hydrogen) atoms. The summed E-state index contributed by atoms with van der Waals surface area (Å²) in [4.78, 5) is 141. The SMILES string of the molecule is CC[C@H](C)[C@H](CC(=O)[C@H](CCSC)NC(=O)Nc1ccc(CNC(=O)CN2CCN(CC(=O)O)CCN(CC(=O)O)CCN3CC(=O)OC3C2)cc1)C(=O)N[C@@H](CC1=CCC=N1)C(=O)CCCN1C(=O)CC(C)C1=O. The molecule has 4 heterocycles. The zero-order chi connectivity index (χ0) is 54.6. The second kappa shape index (κ2) is 29.9. The number of carboxylic acids is 2. The van der Waals surface area contributed by atoms with E-state index in [4.69, 9.17) is 4.74 Å². The molecule has 1 aromatic rings. The summed E-state index contributed by atoms with van der Waals surface area (Å²) in [5.74, 6) is -5.41. The summed E-state index contributed by atoms with van der Waals surface area (Å²) in [7, 11) is 0. The highest BCUT2D eigenvalue weighted by Gasteiger charge is 2.37. The number of Topliss-reactive ketones (excluding diaryl/α,β-unsaturated/α-hetero) is 2. The number of rotatable bonds is 27. The number of allylic oxidation sites excluding steroid dienone is 1. The van der Waals surface area contributed by atoms with Crippen LogP contribution in [0.1, 0.15) is 77.7 Å². The Morgan fingerprint density at radius 2 is 1.53 bits per heavy atom. The van der Waals surface area contributed by atoms with E-state index in [9.17, 15) is 58.2 Å². The number of aliphatic carboxylic acids is 2. The van der Waals surface area contributed by atoms with E-state index < -0.39 is 60.0 Å². The van der Waals surface area contributed by atoms with E-state index in [1.807, 2.05) is 26.2 Å². The first-order valence-electron chi connectivity index (χ1n) is 25.7. The lowest BCUT2D eigenvalue weighted by molar-refractivity contribution is -0.143. The number of esters is 1. The summed E-state index contributed by atoms with van der Waals surface area (Å²) in [6.07, 6.45) is 6.56. The summed E-state index contributed by atoms with van der Waals surface area (Å²) >= 11 is 1.50. The summed E-state index contributed by atoms with van der Waals surface area (Å²) in [5, 5.41) is 30.4. The number of hydrogen-bond donors (Lipinski definition) is 6. The van der Waals surface area contributed by atoms with Crippen LogP contribution in [0.15, 0.2) is 41.0 Å². The molecule has 6 atom stereocenters. The molecule has 0 bridgehead atoms. The number of carbonyl (C=O) groups excluding carboxylic acids is 8. The Morgan fingerprint density at radius 3 is 2.13 bits per heavy atom. The number of thioether (sulfide) groups is 1. The number of nitrogens with zero attached hydrogens (tertiary/aromatic N) is 6. The van der Waals surface area contributed by atoms with E-state index in [0.29, 0.717) is 55.1 Å². The van der Waals surface area contributed by atoms with Gasteiger partial charge >= 0.3 is 23.9 Å². The molecule has 5 rings (SSSR count). The maximum Gasteiger partial charge on any atom is 0.321 e. The first-order chi connectivity index (χ1) is 35.8. The van der Waals surface area contributed by atoms with Crippen LogP contribution in [0.4, 0.5) is 10.5 Å². The minimum absolute atomic E-state index is 0.0106. The number of benzene rings is 1. The Labute approximate surface area is 441 Å². The third kappa shape index (κ3) is 19.5. The van der Waals surface area contributed by atoms with Gasteiger partial charge in [-0.15, -0.1) is 0 Å². The fourth-order valence-corrected chi connectivity index (χ4v) is 9.78. The Morgan fingerprint density at radius 1 is 0.867 bits per heavy atom. The van der Waals surface area contributed by atoms with Crippen LogP contribution in [0.2, 0.25) is 0 Å². The third-order valence-electron chi connectivity index (χ3n) is 13.9. The number of aliphatic imine (C=N–C) groups is 1. The van der Waals surface area contributed by atoms with Crippen molar-refractivity contribution < 1.29 is 62.9 Å². The van der Waals surface area contributed by atoms with Crippen LogP contribution in [0.5, 0.6) is 0 Å². The van der Waals surface area contributed by atoms with Crippen LogP contribution in [0.3, 0.4) is 0 Å². The number of fused-ring (bicyclic) bond motifs is 1. The van der Waals surface area contributed by atoms with Gasteiger partial charge in [0.1, 0.15) is 0 Å². The summed E-state index contributed by atoms with van der Waals surface area (Å²) in [6.45, 7) is 6.97. The second-order valence-electron chi connectivity index (χ2n) is 19.6. The van der Waals surface area contributed by atoms with Crippen LogP contribution in [-0.2, 0) is 54.4 Å². The molecule has 6 N–H and O–H groups in total. The molecule has 24 heteroatoms. The smallest absolute Gasteiger partial charge is 0.321 e. The van der Waals surface area contributed by atoms with E-state index >= 15 is 0 Å². The monoisotopic (exact) mass is 1070 g/mol. The fraction of sp³-hybridized carbons (Fsp3) is 0.627. The topological polar surface area (TPSA) is 297 Å². The molecular formula is C51H74N10O13S. The highest BCUT2D eigenvalue weighted by Crippen LogP contribution is 2.25. The number of nitrogens with one attached hydrogen (secondary N) is 4. The Hall–Kier alpha value is -6.08. The number of carbonyl (C=O) groups is 10. The minimum atomic E-state index is -1.05. The van der Waals surface area contributed by atoms with Crippen LogP contribution >= 0.6 is 11.8 Å². The number of urea groups is 1. The molecule has 0 aliphatic carbocycles. The van der Waals surface area contributed by atoms with E-state index in [0.717, 1.165) is 0 Å². The summed E-state index contributed by atoms with van der Waals surface area (Å²) < 4.78 is 5.58. The van der Waals surface area contributed by atoms with Gasteiger partial charge in [-0.1, -0.05) is 45.4 Å². The first-order valence-corrected chi connectivity index (χ1v) is 27.1. The van der Waals surface area contributed by atoms with Crippen molar-refractivity contribution in [1.29, 1.82) is 0 Å². The number of amides is 6. The van der Waals surface area contributed by atoms with Crippen molar-refractivity contribution in [3.8, 4) is 0 Å². The van der Waals surface area contributed by atoms with Gasteiger partial charge in [-0.3, -0.25) is 72.6 Å². The molecule has 412 valence electrons. The van der Waals surface area contributed by atoms with Gasteiger partial charge in [0.15, 0.2) is 17.8 Å². The standard InChI is InChI=1S/C51H74N10O13S/c1-5-33(2)38(49(71)55-40(25-37-8-6-15-52-37)41(62)9-7-16-61-44(65)24-34(3)50(61)72)26-42(63)39(14-23-75-4)56-51(73)54-36-12-10-35(11-13-36)27-53-43(64)28-59-20-19-57(30-46(66)67)17-18-58(31-47(68)69)21-22-60-32-48(70)74-45(60)29-59/h8,10-13,15,33-34,38-40,45H,5-7,9,14,16-32H2,1-4H3,(H,53,64)(H,55,71)(H,66,67)(H,68,69)(H2,54,56,73)/t33-,34?,38-,39-,40-,45?/m0/s1. The molecule has 4 aliphatic heterocycles. The van der Waals surface area contributed by atoms with Crippen molar-refractivity contribution in [2.24, 2.45) is 22.7 Å². The molecule has 1 aromatic carbocycles. The fourth-order valence-electron chi connectivity index (χ4n) is 9.31. The molecule has 2 unspecified atom stereocenters. The lowest BCUT2D eigenvalue weighted by Gasteiger charge is -2.33. The summed E-state index contributed by atoms with van der Waals surface area (Å²) in [5.41, 5.74) is 1.77. The molecule has 3 saturated heterocycles. The minimum Gasteiger partial charge on any atom is -0.480 e. The molecule has 0 radical (unpaired) electrons. The lowest BCUT2D eigenvalue weighted by atomic mass is 9.84. The maximum absolute atomic E-state index is 14.1. The molecule has 0 spiro atoms. The van der Waals surface area contributed by atoms with Crippen molar-refractivity contribution in [3.63, 3.8) is 0 Å². The van der Waals surface area contributed by atoms with E-state index in [1.165, 1.54) is 16.7 Å². The molecule has 3 fully saturated rings. The van der Waals surface area contributed by atoms with Crippen LogP contribution in [-0.4, -0.2) is 209 Å². The van der Waals surface area contributed by atoms with Crippen molar-refractivity contribution in [2.75, 3.05) is 95.9 Å². The third-order valence-corrected chi connectivity index (χ3v) is 14.5. The normalized spacial score (nSPS) is 20.7. The maximum atomic E-state index is 14.1. The average molecular weight is 1070 g/mol. The predicted octanol–water partition coefficient (Wildman–Crippen LogP) is 1.42. The molecule has 6 amide bonds. The van der Waals surface area contributed by atoms with Crippen molar-refractivity contribution >= 4 is 82.8 Å². The Kier molecular flexibility index (Phi) is 23.8. The zero-order valence-corrected chi connectivity index (χ0v) is 44.3. The number of carboxylic acid groups (broad SMARTS) is 2. The predicted molar refractivity (Wildman–Crippen MR) is 278 cm³/mol. The summed E-state index contributed by atoms with van der Waals surface area (Å²) in [6, 6.07) is 4.20. The van der Waals surface area contributed by atoms with Gasteiger partial charge in [-0.25, -0.2) is 4.79 Å². The molecule has 23 nitrogen and oxygen atoms in total. The largest absolute Gasteiger partial charge is 0.480 e. The van der Waals surface area contributed by atoms with Gasteiger partial charge in [0.25, 0.3) is 0 Å². The number of ether oxygens (including phenoxy) is 1. The zero-order valence-electron chi connectivity index (χ0n) is 43.5. The number of hydrogen-bond acceptors (Lipinski definition) is 17. The van der Waals surface area contributed by atoms with Gasteiger partial charge in [0.2, 0.25) is 23.6 Å². The van der Waals surface area contributed by atoms with E-state index in [2.05, 4.69) is 26.3 Å². The van der Waals surface area contributed by atoms with Gasteiger partial charge in [-0.05, 0) is 48.5 Å². The molecule has 0 saturated carbocycles. The second-order valence-corrected chi connectivity index (χ2v) is 20.6. The van der Waals surface area contributed by atoms with Crippen molar-refractivity contribution in [3.05, 3.63) is 41.6 Å². The van der Waals surface area contributed by atoms with Gasteiger partial charge in [0, 0.05) is 114 Å². The van der Waals surface area contributed by atoms with E-state index in [1.54, 1.807) is 57.0 Å². The molecular weight excluding hydrogens is 993 g/mol. The lowest BCUT2D eigenvalue weighted by Crippen LogP contribution is -2.51. The van der Waals surface area contributed by atoms with Crippen molar-refractivity contribution in [1.82, 2.24) is 40.4 Å². The van der Waals surface area contributed by atoms with Crippen molar-refractivity contribution in [2.45, 2.75) is 97.0 Å². The number of ketones is 2. The number of imide groups is 1. The number of likely N-dealkylation sites (tertiary alicyclic amines) is 1. The van der Waals surface area contributed by atoms with E-state index in [-0.39, 0.29) is 139 Å². The number of anilines is 1. The average Bonchev–Trinajstić information content (AvgIpc) is 4.07. The Balaban J connectivity index is 1.15.